The molecule has 1 aromatic carbocycles. The van der Waals surface area contributed by atoms with Gasteiger partial charge in [0.1, 0.15) is 32.7 Å². The summed E-state index contributed by atoms with van der Waals surface area (Å²) in [6.07, 6.45) is 10.6. The molecular formula is C51H54I2N14O6S2. The summed E-state index contributed by atoms with van der Waals surface area (Å²) in [5.74, 6) is 2.57. The fourth-order valence-corrected chi connectivity index (χ4v) is 16.4. The van der Waals surface area contributed by atoms with E-state index in [2.05, 4.69) is 71.1 Å². The van der Waals surface area contributed by atoms with Gasteiger partial charge in [0, 0.05) is 85.5 Å². The number of carbonyl (C=O) groups excluding carboxylic acids is 2. The van der Waals surface area contributed by atoms with E-state index in [-0.39, 0.29) is 41.0 Å². The molecule has 6 fully saturated rings. The Morgan fingerprint density at radius 1 is 0.707 bits per heavy atom. The van der Waals surface area contributed by atoms with Gasteiger partial charge in [0.15, 0.2) is 31.2 Å². The smallest absolute Gasteiger partial charge is 0.404 e. The minimum atomic E-state index is -0.989. The molecule has 6 aromatic heterocycles. The van der Waals surface area contributed by atoms with Crippen molar-refractivity contribution in [2.24, 2.45) is 23.7 Å². The molecule has 0 bridgehead atoms. The SMILES string of the molecule is Cc1csc([C@@]2(CN3C(=O)c4ccccc4C3=O)[C@@H]3CCN(c4cnc5c(I)nn(C6CCCCO6)c5n4)C[C@@H]32)n1.Cc1csc([C@@]2(CNC(=O)O)[C@@H]3CCN(c4cnc5c(I)nn(C6CCCCO6)c5n4)C[C@@H]32)n1. The standard InChI is InChI=1S/C29H28IN7O3S.C22H26IN7O3S/c1-16-14-41-28(32-16)29(15-36-26(38)17-6-2-3-7-18(17)27(36)39)19-9-10-35(13-20(19)29)21-12-31-23-24(30)34-37(25(23)33-21)22-8-4-5-11-40-22;1-12-10-34-20(26-12)22(11-25-21(31)32)13-5-6-29(9-14(13)22)15-8-24-17-18(23)28-30(19(17)27-15)16-4-2-3-7-33-16/h2-3,6-7,12,14,19-20,22H,4-5,8-11,13,15H2,1H3;8,10,13-14,16,25H,2-7,9,11H2,1H3,(H,31,32)/t19-,20+,22?,29+;13-,14+,16?,22+/m11/s1. The maximum absolute atomic E-state index is 13.4. The highest BCUT2D eigenvalue weighted by Crippen LogP contribution is 2.65. The van der Waals surface area contributed by atoms with Gasteiger partial charge in [0.05, 0.1) is 23.5 Å². The summed E-state index contributed by atoms with van der Waals surface area (Å²) < 4.78 is 17.5. The number of rotatable bonds is 10. The molecule has 2 unspecified atom stereocenters. The van der Waals surface area contributed by atoms with Gasteiger partial charge in [-0.3, -0.25) is 14.5 Å². The maximum atomic E-state index is 13.4. The number of carboxylic acid groups (broad SMARTS) is 1. The molecule has 2 aliphatic carbocycles. The highest BCUT2D eigenvalue weighted by molar-refractivity contribution is 14.1. The van der Waals surface area contributed by atoms with Crippen molar-refractivity contribution >= 4 is 120 Å². The zero-order valence-electron chi connectivity index (χ0n) is 41.3. The molecule has 7 aliphatic rings. The predicted octanol–water partition coefficient (Wildman–Crippen LogP) is 8.14. The van der Waals surface area contributed by atoms with E-state index in [0.29, 0.717) is 42.0 Å². The van der Waals surface area contributed by atoms with Gasteiger partial charge >= 0.3 is 6.09 Å². The van der Waals surface area contributed by atoms with Crippen LogP contribution >= 0.6 is 67.9 Å². The third-order valence-corrected chi connectivity index (χ3v) is 20.5. The third kappa shape index (κ3) is 8.48. The Kier molecular flexibility index (Phi) is 12.9. The number of nitrogens with one attached hydrogen (secondary N) is 1. The number of carbonyl (C=O) groups is 3. The van der Waals surface area contributed by atoms with E-state index in [1.165, 1.54) is 4.90 Å². The summed E-state index contributed by atoms with van der Waals surface area (Å²) in [5.41, 5.74) is 5.46. The molecule has 4 saturated heterocycles. The summed E-state index contributed by atoms with van der Waals surface area (Å²) in [6, 6.07) is 7.12. The van der Waals surface area contributed by atoms with Crippen LogP contribution in [0.1, 0.15) is 106 Å². The summed E-state index contributed by atoms with van der Waals surface area (Å²) in [6.45, 7) is 9.45. The van der Waals surface area contributed by atoms with Gasteiger partial charge in [-0.2, -0.15) is 10.2 Å². The van der Waals surface area contributed by atoms with Crippen LogP contribution in [0.2, 0.25) is 0 Å². The number of benzene rings is 1. The Balaban J connectivity index is 0.000000147. The molecule has 24 heteroatoms. The number of hydrogen-bond donors (Lipinski definition) is 2. The summed E-state index contributed by atoms with van der Waals surface area (Å²) in [5, 5.41) is 27.5. The Morgan fingerprint density at radius 2 is 1.20 bits per heavy atom. The van der Waals surface area contributed by atoms with Crippen molar-refractivity contribution in [2.45, 2.75) is 88.5 Å². The van der Waals surface area contributed by atoms with Gasteiger partial charge < -0.3 is 29.7 Å². The average Bonchev–Trinajstić information content (AvgIpc) is 3.96. The lowest BCUT2D eigenvalue weighted by molar-refractivity contribution is -0.0373. The second-order valence-electron chi connectivity index (χ2n) is 20.9. The van der Waals surface area contributed by atoms with Gasteiger partial charge in [-0.25, -0.2) is 44.1 Å². The molecule has 2 N–H and O–H groups in total. The number of halogens is 2. The number of aromatic nitrogens is 10. The van der Waals surface area contributed by atoms with Crippen molar-refractivity contribution in [2.75, 3.05) is 62.3 Å². The van der Waals surface area contributed by atoms with E-state index in [0.717, 1.165) is 154 Å². The number of anilines is 2. The molecule has 75 heavy (non-hydrogen) atoms. The summed E-state index contributed by atoms with van der Waals surface area (Å²) in [4.78, 5) is 73.3. The van der Waals surface area contributed by atoms with E-state index >= 15 is 0 Å². The Morgan fingerprint density at radius 3 is 1.67 bits per heavy atom. The highest BCUT2D eigenvalue weighted by Gasteiger charge is 2.70. The number of thiazole rings is 2. The second-order valence-corrected chi connectivity index (χ2v) is 24.6. The number of hydrogen-bond acceptors (Lipinski definition) is 17. The van der Waals surface area contributed by atoms with Crippen molar-refractivity contribution in [1.29, 1.82) is 0 Å². The zero-order valence-corrected chi connectivity index (χ0v) is 47.2. The fraction of sp³-hybridized carbons (Fsp3) is 0.510. The Labute approximate surface area is 466 Å². The quantitative estimate of drug-likeness (QED) is 0.0974. The van der Waals surface area contributed by atoms with Crippen molar-refractivity contribution in [3.8, 4) is 0 Å². The number of piperidine rings is 2. The lowest BCUT2D eigenvalue weighted by Crippen LogP contribution is -2.39. The summed E-state index contributed by atoms with van der Waals surface area (Å²) >= 11 is 7.72. The van der Waals surface area contributed by atoms with Crippen molar-refractivity contribution in [1.82, 2.24) is 59.7 Å². The van der Waals surface area contributed by atoms with E-state index in [1.54, 1.807) is 34.8 Å². The third-order valence-electron chi connectivity index (χ3n) is 16.7. The van der Waals surface area contributed by atoms with E-state index in [9.17, 15) is 19.5 Å². The van der Waals surface area contributed by atoms with Crippen molar-refractivity contribution in [3.05, 3.63) is 87.4 Å². The van der Waals surface area contributed by atoms with Crippen LogP contribution in [0.15, 0.2) is 47.4 Å². The molecule has 14 rings (SSSR count). The first kappa shape index (κ1) is 49.5. The molecule has 0 radical (unpaired) electrons. The first-order valence-electron chi connectivity index (χ1n) is 25.7. The monoisotopic (exact) mass is 1280 g/mol. The highest BCUT2D eigenvalue weighted by atomic mass is 127. The molecule has 5 aliphatic heterocycles. The van der Waals surface area contributed by atoms with E-state index in [1.807, 2.05) is 47.7 Å². The molecule has 8 atom stereocenters. The van der Waals surface area contributed by atoms with E-state index < -0.39 is 6.09 Å². The van der Waals surface area contributed by atoms with Crippen molar-refractivity contribution < 1.29 is 29.0 Å². The zero-order chi connectivity index (χ0) is 51.3. The van der Waals surface area contributed by atoms with Gasteiger partial charge in [-0.1, -0.05) is 12.1 Å². The lowest BCUT2D eigenvalue weighted by Gasteiger charge is -2.27. The topological polar surface area (TPSA) is 225 Å². The molecule has 3 amide bonds. The maximum Gasteiger partial charge on any atom is 0.404 e. The van der Waals surface area contributed by atoms with E-state index in [4.69, 9.17) is 49.6 Å². The molecule has 2 saturated carbocycles. The van der Waals surface area contributed by atoms with Crippen LogP contribution < -0.4 is 15.1 Å². The number of nitrogens with zero attached hydrogens (tertiary/aromatic N) is 13. The molecule has 0 spiro atoms. The first-order chi connectivity index (χ1) is 36.4. The molecule has 11 heterocycles. The normalized spacial score (nSPS) is 28.0. The van der Waals surface area contributed by atoms with Gasteiger partial charge in [0.2, 0.25) is 0 Å². The molecular weight excluding hydrogens is 1220 g/mol. The Hall–Kier alpha value is -5.03. The molecule has 390 valence electrons. The number of fused-ring (bicyclic) bond motifs is 5. The first-order valence-corrected chi connectivity index (χ1v) is 29.7. The van der Waals surface area contributed by atoms with Crippen LogP contribution in [0.4, 0.5) is 16.4 Å². The Bertz CT molecular complexity index is 3360. The van der Waals surface area contributed by atoms with Crippen molar-refractivity contribution in [3.63, 3.8) is 0 Å². The van der Waals surface area contributed by atoms with Gasteiger partial charge in [0.25, 0.3) is 11.8 Å². The lowest BCUT2D eigenvalue weighted by atomic mass is 10.0. The van der Waals surface area contributed by atoms with Crippen LogP contribution in [0.25, 0.3) is 22.3 Å². The number of imide groups is 1. The van der Waals surface area contributed by atoms with Crippen LogP contribution in [-0.2, 0) is 20.3 Å². The minimum absolute atomic E-state index is 0.0960. The van der Waals surface area contributed by atoms with Crippen LogP contribution in [0.5, 0.6) is 0 Å². The largest absolute Gasteiger partial charge is 0.465 e. The van der Waals surface area contributed by atoms with Gasteiger partial charge in [-0.05, 0) is 146 Å². The average molecular weight is 1280 g/mol. The van der Waals surface area contributed by atoms with Crippen LogP contribution in [-0.4, -0.2) is 130 Å². The summed E-state index contributed by atoms with van der Waals surface area (Å²) in [7, 11) is 0. The predicted molar refractivity (Wildman–Crippen MR) is 296 cm³/mol. The number of aryl methyl sites for hydroxylation is 2. The second kappa shape index (κ2) is 19.5. The molecule has 7 aromatic rings. The van der Waals surface area contributed by atoms with Gasteiger partial charge in [-0.15, -0.1) is 22.7 Å². The fourth-order valence-electron chi connectivity index (χ4n) is 12.9. The van der Waals surface area contributed by atoms with Crippen LogP contribution in [0, 0.1) is 44.9 Å². The molecule has 20 nitrogen and oxygen atoms in total. The number of amides is 3. The van der Waals surface area contributed by atoms with Crippen LogP contribution in [0.3, 0.4) is 0 Å². The minimum Gasteiger partial charge on any atom is -0.465 e. The number of ether oxygens (including phenoxy) is 2.